The summed E-state index contributed by atoms with van der Waals surface area (Å²) >= 11 is 5.67. The van der Waals surface area contributed by atoms with Gasteiger partial charge in [0.25, 0.3) is 0 Å². The number of aliphatic hydroxyl groups is 1. The van der Waals surface area contributed by atoms with Gasteiger partial charge in [-0.1, -0.05) is 43.9 Å². The van der Waals surface area contributed by atoms with Crippen LogP contribution in [0.1, 0.15) is 44.6 Å². The van der Waals surface area contributed by atoms with Gasteiger partial charge < -0.3 is 5.11 Å². The highest BCUT2D eigenvalue weighted by molar-refractivity contribution is 6.30. The molecule has 0 radical (unpaired) electrons. The van der Waals surface area contributed by atoms with Crippen LogP contribution in [0.5, 0.6) is 0 Å². The molecule has 1 aliphatic carbocycles. The van der Waals surface area contributed by atoms with Crippen LogP contribution in [-0.2, 0) is 6.42 Å². The van der Waals surface area contributed by atoms with E-state index in [1.165, 1.54) is 25.3 Å². The van der Waals surface area contributed by atoms with Gasteiger partial charge in [0.2, 0.25) is 0 Å². The van der Waals surface area contributed by atoms with E-state index in [1.54, 1.807) is 12.1 Å². The van der Waals surface area contributed by atoms with Crippen molar-refractivity contribution in [1.82, 2.24) is 0 Å². The molecule has 0 saturated heterocycles. The number of benzene rings is 1. The first-order valence-electron chi connectivity index (χ1n) is 7.22. The second kappa shape index (κ2) is 6.71. The summed E-state index contributed by atoms with van der Waals surface area (Å²) in [5.74, 6) is 0.703. The number of aliphatic hydroxyl groups excluding tert-OH is 1. The summed E-state index contributed by atoms with van der Waals surface area (Å²) in [4.78, 5) is 0. The average Bonchev–Trinajstić information content (AvgIpc) is 2.43. The van der Waals surface area contributed by atoms with Crippen LogP contribution in [0.15, 0.2) is 18.2 Å². The van der Waals surface area contributed by atoms with Gasteiger partial charge in [-0.15, -0.1) is 0 Å². The van der Waals surface area contributed by atoms with Crippen LogP contribution in [0.3, 0.4) is 0 Å². The molecule has 0 aromatic heterocycles. The van der Waals surface area contributed by atoms with Crippen LogP contribution < -0.4 is 0 Å². The minimum Gasteiger partial charge on any atom is -0.392 e. The molecule has 1 fully saturated rings. The van der Waals surface area contributed by atoms with Crippen molar-refractivity contribution < 1.29 is 9.50 Å². The maximum absolute atomic E-state index is 13.4. The van der Waals surface area contributed by atoms with Gasteiger partial charge in [0.1, 0.15) is 5.82 Å². The summed E-state index contributed by atoms with van der Waals surface area (Å²) < 4.78 is 13.4. The smallest absolute Gasteiger partial charge is 0.142 e. The van der Waals surface area contributed by atoms with Gasteiger partial charge in [0.05, 0.1) is 11.1 Å². The molecule has 1 aromatic carbocycles. The topological polar surface area (TPSA) is 20.2 Å². The van der Waals surface area contributed by atoms with E-state index in [9.17, 15) is 9.50 Å². The SMILES string of the molecule is CCC1CCCC(C(O)Cc2ccc(Cl)c(F)c2)C1. The molecule has 0 bridgehead atoms. The Balaban J connectivity index is 1.96. The maximum atomic E-state index is 13.4. The molecule has 0 aliphatic heterocycles. The monoisotopic (exact) mass is 284 g/mol. The predicted octanol–water partition coefficient (Wildman–Crippen LogP) is 4.60. The molecule has 0 heterocycles. The van der Waals surface area contributed by atoms with E-state index in [1.807, 2.05) is 0 Å². The zero-order valence-corrected chi connectivity index (χ0v) is 12.2. The third-order valence-corrected chi connectivity index (χ3v) is 4.68. The Labute approximate surface area is 119 Å². The normalized spacial score (nSPS) is 25.3. The Morgan fingerprint density at radius 2 is 2.21 bits per heavy atom. The summed E-state index contributed by atoms with van der Waals surface area (Å²) in [7, 11) is 0. The first kappa shape index (κ1) is 14.8. The van der Waals surface area contributed by atoms with Crippen LogP contribution in [0.4, 0.5) is 4.39 Å². The third kappa shape index (κ3) is 3.93. The van der Waals surface area contributed by atoms with Crippen molar-refractivity contribution in [3.63, 3.8) is 0 Å². The highest BCUT2D eigenvalue weighted by Gasteiger charge is 2.26. The minimum absolute atomic E-state index is 0.141. The van der Waals surface area contributed by atoms with Crippen LogP contribution >= 0.6 is 11.6 Å². The second-order valence-electron chi connectivity index (χ2n) is 5.72. The Kier molecular flexibility index (Phi) is 5.23. The van der Waals surface area contributed by atoms with Gasteiger partial charge in [-0.2, -0.15) is 0 Å². The van der Waals surface area contributed by atoms with E-state index in [4.69, 9.17) is 11.6 Å². The van der Waals surface area contributed by atoms with E-state index < -0.39 is 5.82 Å². The first-order valence-corrected chi connectivity index (χ1v) is 7.60. The highest BCUT2D eigenvalue weighted by atomic mass is 35.5. The zero-order chi connectivity index (χ0) is 13.8. The quantitative estimate of drug-likeness (QED) is 0.857. The Morgan fingerprint density at radius 3 is 2.89 bits per heavy atom. The van der Waals surface area contributed by atoms with E-state index in [-0.39, 0.29) is 11.1 Å². The van der Waals surface area contributed by atoms with Gasteiger partial charge in [-0.25, -0.2) is 4.39 Å². The van der Waals surface area contributed by atoms with E-state index in [2.05, 4.69) is 6.92 Å². The van der Waals surface area contributed by atoms with Gasteiger partial charge >= 0.3 is 0 Å². The first-order chi connectivity index (χ1) is 9.10. The van der Waals surface area contributed by atoms with Crippen molar-refractivity contribution in [1.29, 1.82) is 0 Å². The fraction of sp³-hybridized carbons (Fsp3) is 0.625. The highest BCUT2D eigenvalue weighted by Crippen LogP contribution is 2.34. The summed E-state index contributed by atoms with van der Waals surface area (Å²) in [6.45, 7) is 2.22. The molecule has 3 heteroatoms. The van der Waals surface area contributed by atoms with Crippen molar-refractivity contribution in [3.05, 3.63) is 34.6 Å². The molecular weight excluding hydrogens is 263 g/mol. The van der Waals surface area contributed by atoms with Crippen LogP contribution in [0.2, 0.25) is 5.02 Å². The molecule has 1 nitrogen and oxygen atoms in total. The summed E-state index contributed by atoms with van der Waals surface area (Å²) in [6.07, 6.45) is 6.04. The minimum atomic E-state index is -0.401. The third-order valence-electron chi connectivity index (χ3n) is 4.37. The molecule has 1 aliphatic rings. The lowest BCUT2D eigenvalue weighted by atomic mass is 9.76. The lowest BCUT2D eigenvalue weighted by Gasteiger charge is -2.31. The number of hydrogen-bond acceptors (Lipinski definition) is 1. The van der Waals surface area contributed by atoms with Gasteiger partial charge in [0.15, 0.2) is 0 Å². The molecule has 3 atom stereocenters. The molecule has 1 aromatic rings. The lowest BCUT2D eigenvalue weighted by molar-refractivity contribution is 0.0684. The summed E-state index contributed by atoms with van der Waals surface area (Å²) in [5.41, 5.74) is 0.827. The lowest BCUT2D eigenvalue weighted by Crippen LogP contribution is -2.28. The zero-order valence-electron chi connectivity index (χ0n) is 11.4. The van der Waals surface area contributed by atoms with Crippen LogP contribution in [0, 0.1) is 17.7 Å². The molecule has 1 saturated carbocycles. The van der Waals surface area contributed by atoms with E-state index in [0.29, 0.717) is 12.3 Å². The molecule has 3 unspecified atom stereocenters. The summed E-state index contributed by atoms with van der Waals surface area (Å²) in [6, 6.07) is 4.80. The van der Waals surface area contributed by atoms with Gasteiger partial charge in [-0.3, -0.25) is 0 Å². The molecule has 2 rings (SSSR count). The van der Waals surface area contributed by atoms with Crippen LogP contribution in [-0.4, -0.2) is 11.2 Å². The molecule has 0 amide bonds. The Bertz CT molecular complexity index is 421. The van der Waals surface area contributed by atoms with Crippen LogP contribution in [0.25, 0.3) is 0 Å². The molecule has 19 heavy (non-hydrogen) atoms. The largest absolute Gasteiger partial charge is 0.392 e. The number of halogens is 2. The molecule has 0 spiro atoms. The predicted molar refractivity (Wildman–Crippen MR) is 76.9 cm³/mol. The Morgan fingerprint density at radius 1 is 1.42 bits per heavy atom. The fourth-order valence-electron chi connectivity index (χ4n) is 3.13. The second-order valence-corrected chi connectivity index (χ2v) is 6.13. The standard InChI is InChI=1S/C16H22ClFO/c1-2-11-4-3-5-13(8-11)16(19)10-12-6-7-14(17)15(18)9-12/h6-7,9,11,13,16,19H,2-5,8,10H2,1H3. The van der Waals surface area contributed by atoms with E-state index in [0.717, 1.165) is 24.3 Å². The number of hydrogen-bond donors (Lipinski definition) is 1. The van der Waals surface area contributed by atoms with Gasteiger partial charge in [0, 0.05) is 0 Å². The van der Waals surface area contributed by atoms with Crippen molar-refractivity contribution in [2.45, 2.75) is 51.6 Å². The number of rotatable bonds is 4. The maximum Gasteiger partial charge on any atom is 0.142 e. The van der Waals surface area contributed by atoms with Crippen molar-refractivity contribution >= 4 is 11.6 Å². The van der Waals surface area contributed by atoms with Crippen molar-refractivity contribution in [2.24, 2.45) is 11.8 Å². The molecular formula is C16H22ClFO. The van der Waals surface area contributed by atoms with E-state index >= 15 is 0 Å². The fourth-order valence-corrected chi connectivity index (χ4v) is 3.25. The average molecular weight is 285 g/mol. The Hall–Kier alpha value is -0.600. The van der Waals surface area contributed by atoms with Gasteiger partial charge in [-0.05, 0) is 48.8 Å². The summed E-state index contributed by atoms with van der Waals surface area (Å²) in [5, 5.41) is 10.5. The molecule has 106 valence electrons. The van der Waals surface area contributed by atoms with Crippen molar-refractivity contribution in [2.75, 3.05) is 0 Å². The molecule has 1 N–H and O–H groups in total. The van der Waals surface area contributed by atoms with Crippen molar-refractivity contribution in [3.8, 4) is 0 Å².